The molecule has 0 aromatic carbocycles. The summed E-state index contributed by atoms with van der Waals surface area (Å²) >= 11 is 1.85. The van der Waals surface area contributed by atoms with Crippen LogP contribution < -0.4 is 95.9 Å². The van der Waals surface area contributed by atoms with Crippen molar-refractivity contribution in [3.8, 4) is 0 Å². The molecule has 0 spiro atoms. The van der Waals surface area contributed by atoms with E-state index in [0.29, 0.717) is 64.5 Å². The second-order valence-electron chi connectivity index (χ2n) is 17.3. The molecular formula is C48H74CsN5O10S. The molecular weight excluding hydrogens is 972 g/mol. The zero-order valence-corrected chi connectivity index (χ0v) is 46.6. The number of fused-ring (bicyclic) bond motifs is 2. The first-order valence-corrected chi connectivity index (χ1v) is 23.9. The normalized spacial score (nSPS) is 29.1. The van der Waals surface area contributed by atoms with Crippen molar-refractivity contribution in [3.63, 3.8) is 0 Å². The van der Waals surface area contributed by atoms with E-state index in [-0.39, 0.29) is 123 Å². The first kappa shape index (κ1) is 57.6. The summed E-state index contributed by atoms with van der Waals surface area (Å²) in [7, 11) is 0. The van der Waals surface area contributed by atoms with Gasteiger partial charge < -0.3 is 55.8 Å². The van der Waals surface area contributed by atoms with Gasteiger partial charge in [-0.3, -0.25) is 14.4 Å². The van der Waals surface area contributed by atoms with Crippen molar-refractivity contribution in [3.05, 3.63) is 77.9 Å². The minimum Gasteiger partial charge on any atom is -0.482 e. The Morgan fingerprint density at radius 3 is 2.38 bits per heavy atom. The van der Waals surface area contributed by atoms with Gasteiger partial charge >= 0.3 is 74.9 Å². The summed E-state index contributed by atoms with van der Waals surface area (Å²) in [6, 6.07) is -0.604. The van der Waals surface area contributed by atoms with Crippen LogP contribution in [-0.2, 0) is 38.1 Å². The van der Waals surface area contributed by atoms with Gasteiger partial charge in [-0.2, -0.15) is 17.8 Å². The zero-order chi connectivity index (χ0) is 46.3. The molecule has 0 bridgehead atoms. The van der Waals surface area contributed by atoms with Crippen molar-refractivity contribution in [1.29, 1.82) is 0 Å². The first-order valence-electron chi connectivity index (χ1n) is 22.9. The number of carbonyl (C=O) groups is 4. The number of nitrogens with two attached hydrogens (primary N) is 1. The van der Waals surface area contributed by atoms with Crippen LogP contribution in [0.15, 0.2) is 71.9 Å². The van der Waals surface area contributed by atoms with E-state index in [1.165, 1.54) is 6.08 Å². The largest absolute Gasteiger partial charge is 1.00 e. The number of hydrogen-bond acceptors (Lipinski definition) is 12. The van der Waals surface area contributed by atoms with Gasteiger partial charge in [0.1, 0.15) is 6.10 Å². The number of thioether (sulfide) groups is 1. The van der Waals surface area contributed by atoms with Gasteiger partial charge in [0.25, 0.3) is 6.03 Å². The molecule has 1 aliphatic carbocycles. The molecule has 7 N–H and O–H groups in total. The Hall–Kier alpha value is -1.72. The van der Waals surface area contributed by atoms with Crippen molar-refractivity contribution in [2.45, 2.75) is 115 Å². The number of aliphatic hydroxyl groups excluding tert-OH is 1. The number of nitrogens with one attached hydrogen (secondary N) is 4. The molecule has 2 saturated heterocycles. The van der Waals surface area contributed by atoms with Gasteiger partial charge in [0.2, 0.25) is 11.8 Å². The number of carbonyl (C=O) groups excluding carboxylic acids is 4. The average molecular weight is 1050 g/mol. The number of allylic oxidation sites excluding steroid dienone is 10. The molecule has 9 atom stereocenters. The molecule has 3 heterocycles. The van der Waals surface area contributed by atoms with Crippen LogP contribution in [0.25, 0.3) is 0 Å². The molecule has 4 rings (SSSR count). The topological polar surface area (TPSA) is 209 Å². The number of ether oxygens (including phenoxy) is 5. The Bertz CT molecular complexity index is 1690. The van der Waals surface area contributed by atoms with E-state index in [1.54, 1.807) is 13.0 Å². The van der Waals surface area contributed by atoms with Crippen LogP contribution in [0.3, 0.4) is 0 Å². The van der Waals surface area contributed by atoms with Crippen molar-refractivity contribution in [2.24, 2.45) is 23.0 Å². The predicted molar refractivity (Wildman–Crippen MR) is 250 cm³/mol. The van der Waals surface area contributed by atoms with Crippen LogP contribution in [-0.4, -0.2) is 130 Å². The van der Waals surface area contributed by atoms with Gasteiger partial charge in [-0.25, -0.2) is 4.79 Å². The van der Waals surface area contributed by atoms with E-state index in [1.807, 2.05) is 50.8 Å². The summed E-state index contributed by atoms with van der Waals surface area (Å²) in [5, 5.41) is 23.1. The fourth-order valence-corrected chi connectivity index (χ4v) is 9.31. The Morgan fingerprint density at radius 2 is 1.66 bits per heavy atom. The molecule has 65 heavy (non-hydrogen) atoms. The maximum atomic E-state index is 13.0. The van der Waals surface area contributed by atoms with Crippen LogP contribution in [0.1, 0.15) is 79.6 Å². The van der Waals surface area contributed by atoms with Crippen LogP contribution >= 0.6 is 11.8 Å². The van der Waals surface area contributed by atoms with Gasteiger partial charge in [0.05, 0.1) is 71.0 Å². The molecule has 0 aromatic heterocycles. The second-order valence-corrected chi connectivity index (χ2v) is 18.5. The Labute approximate surface area is 450 Å². The van der Waals surface area contributed by atoms with Crippen LogP contribution in [0, 0.1) is 23.3 Å². The SMILES string of the molecule is CC1=C/C=C/C(=O)O[C@@H]([C@H](N)[C@H](O)[C@@H](C)NC(=O)CCOCCOCCOCCOCCNC(=O)CCCC[C@@H]2SCC3NC(=O)N[C-]32)[C@H](C)/C=C/C(C)=C/[C@H]2C=CCC[C@@]2(C)\C=C\1.[Cs+]. The molecule has 1 unspecified atom stereocenters. The molecule has 2 fully saturated rings. The van der Waals surface area contributed by atoms with E-state index in [9.17, 15) is 24.3 Å². The Morgan fingerprint density at radius 1 is 0.969 bits per heavy atom. The van der Waals surface area contributed by atoms with E-state index >= 15 is 0 Å². The van der Waals surface area contributed by atoms with Crippen molar-refractivity contribution in [2.75, 3.05) is 65.2 Å². The predicted octanol–water partition coefficient (Wildman–Crippen LogP) is 1.74. The van der Waals surface area contributed by atoms with E-state index in [0.717, 1.165) is 55.0 Å². The average Bonchev–Trinajstić information content (AvgIpc) is 3.82. The number of urea groups is 1. The molecule has 0 radical (unpaired) electrons. The quantitative estimate of drug-likeness (QED) is 0.0269. The van der Waals surface area contributed by atoms with Gasteiger partial charge in [-0.1, -0.05) is 104 Å². The number of amides is 4. The third-order valence-corrected chi connectivity index (χ3v) is 13.3. The summed E-state index contributed by atoms with van der Waals surface area (Å²) in [5.41, 5.74) is 8.61. The number of unbranched alkanes of at least 4 members (excludes halogenated alkanes) is 1. The first-order chi connectivity index (χ1) is 30.8. The standard InChI is InChI=1S/C48H74N5O10S.Cs/c1-33-11-10-15-42(56)63-46(35(3)17-16-34(2)31-37-12-8-9-20-48(37,5)21-18-33)43(49)45(57)36(4)51-41(55)19-23-59-25-27-61-29-30-62-28-26-60-24-22-50-40(54)14-7-6-13-39-44-38(32-64-39)52-47(58)53-44;/h8,10-12,15-18,21,31,35-39,43,45-46,57H,6-7,9,13-14,19-20,22-30,32,49H2,1-5H3,(H,50,54)(H,51,55)(H2,52,53,58);/q-1;+1/b15-10+,17-16+,21-18+,33-11-,34-31+;/t35-,36-,37-,38?,39+,43-,45-,46-,48+;/m1./s1. The Kier molecular flexibility index (Phi) is 27.8. The maximum absolute atomic E-state index is 13.0. The number of cyclic esters (lactones) is 1. The summed E-state index contributed by atoms with van der Waals surface area (Å²) in [6.45, 7) is 13.1. The molecule has 3 aliphatic heterocycles. The molecule has 17 heteroatoms. The summed E-state index contributed by atoms with van der Waals surface area (Å²) < 4.78 is 28.0. The Balaban J connectivity index is 0.0000112. The number of rotatable bonds is 24. The van der Waals surface area contributed by atoms with Gasteiger partial charge in [0.15, 0.2) is 0 Å². The minimum atomic E-state index is -1.21. The number of hydrogen-bond donors (Lipinski definition) is 6. The van der Waals surface area contributed by atoms with Gasteiger partial charge in [-0.05, 0) is 51.2 Å². The van der Waals surface area contributed by atoms with Crippen LogP contribution in [0.4, 0.5) is 4.79 Å². The van der Waals surface area contributed by atoms with Gasteiger partial charge in [0, 0.05) is 37.3 Å². The summed E-state index contributed by atoms with van der Waals surface area (Å²) in [6.07, 6.45) is 23.1. The van der Waals surface area contributed by atoms with Gasteiger partial charge in [-0.15, -0.1) is 0 Å². The van der Waals surface area contributed by atoms with E-state index in [4.69, 9.17) is 29.4 Å². The van der Waals surface area contributed by atoms with Crippen molar-refractivity contribution in [1.82, 2.24) is 21.3 Å². The zero-order valence-electron chi connectivity index (χ0n) is 39.5. The van der Waals surface area contributed by atoms with E-state index in [2.05, 4.69) is 58.6 Å². The third kappa shape index (κ3) is 21.2. The molecule has 15 nitrogen and oxygen atoms in total. The van der Waals surface area contributed by atoms with Crippen LogP contribution in [0.5, 0.6) is 0 Å². The molecule has 0 aromatic rings. The fraction of sp³-hybridized carbons (Fsp3) is 0.646. The number of aliphatic hydroxyl groups is 1. The smallest absolute Gasteiger partial charge is 0.482 e. The van der Waals surface area contributed by atoms with Crippen molar-refractivity contribution >= 4 is 35.6 Å². The van der Waals surface area contributed by atoms with Crippen LogP contribution in [0.2, 0.25) is 0 Å². The maximum Gasteiger partial charge on any atom is 1.00 e. The van der Waals surface area contributed by atoms with E-state index < -0.39 is 30.3 Å². The third-order valence-electron chi connectivity index (χ3n) is 11.9. The second kappa shape index (κ2) is 31.4. The number of esters is 1. The monoisotopic (exact) mass is 1050 g/mol. The summed E-state index contributed by atoms with van der Waals surface area (Å²) in [5.74, 6) is -0.102. The summed E-state index contributed by atoms with van der Waals surface area (Å²) in [4.78, 5) is 49.3. The molecule has 0 saturated carbocycles. The molecule has 4 aliphatic rings. The fourth-order valence-electron chi connectivity index (χ4n) is 7.88. The van der Waals surface area contributed by atoms with Crippen molar-refractivity contribution < 1.29 is 117 Å². The minimum absolute atomic E-state index is 0. The molecule has 4 amide bonds. The molecule has 358 valence electrons.